The monoisotopic (exact) mass is 233 g/mol. The first kappa shape index (κ1) is 12.4. The van der Waals surface area contributed by atoms with Gasteiger partial charge in [-0.1, -0.05) is 19.3 Å². The molecule has 0 saturated heterocycles. The molecular formula is C14H23N3. The Morgan fingerprint density at radius 3 is 2.82 bits per heavy atom. The fraction of sp³-hybridized carbons (Fsp3) is 0.643. The van der Waals surface area contributed by atoms with E-state index in [2.05, 4.69) is 16.9 Å². The summed E-state index contributed by atoms with van der Waals surface area (Å²) in [6, 6.07) is 3.82. The van der Waals surface area contributed by atoms with Crippen LogP contribution in [-0.4, -0.2) is 23.5 Å². The van der Waals surface area contributed by atoms with E-state index in [4.69, 9.17) is 5.73 Å². The molecule has 0 spiro atoms. The van der Waals surface area contributed by atoms with Gasteiger partial charge in [0.25, 0.3) is 0 Å². The van der Waals surface area contributed by atoms with Crippen LogP contribution in [0.4, 0.5) is 5.69 Å². The van der Waals surface area contributed by atoms with Gasteiger partial charge in [0, 0.05) is 19.3 Å². The molecule has 3 heteroatoms. The molecule has 2 N–H and O–H groups in total. The van der Waals surface area contributed by atoms with E-state index in [0.29, 0.717) is 0 Å². The summed E-state index contributed by atoms with van der Waals surface area (Å²) in [6.07, 6.45) is 8.84. The molecule has 2 rings (SSSR count). The average Bonchev–Trinajstić information content (AvgIpc) is 2.33. The summed E-state index contributed by atoms with van der Waals surface area (Å²) in [6.45, 7) is 2.04. The summed E-state index contributed by atoms with van der Waals surface area (Å²) in [4.78, 5) is 6.70. The number of nitrogens with zero attached hydrogens (tertiary/aromatic N) is 2. The molecule has 0 aliphatic heterocycles. The van der Waals surface area contributed by atoms with E-state index in [1.807, 2.05) is 18.3 Å². The van der Waals surface area contributed by atoms with Crippen LogP contribution >= 0.6 is 0 Å². The predicted molar refractivity (Wildman–Crippen MR) is 71.6 cm³/mol. The molecule has 0 radical (unpaired) electrons. The third-order valence-corrected chi connectivity index (χ3v) is 3.64. The maximum Gasteiger partial charge on any atom is 0.0772 e. The highest BCUT2D eigenvalue weighted by atomic mass is 15.1. The summed E-state index contributed by atoms with van der Waals surface area (Å²) < 4.78 is 0. The highest BCUT2D eigenvalue weighted by Crippen LogP contribution is 2.24. The number of hydrogen-bond acceptors (Lipinski definition) is 3. The van der Waals surface area contributed by atoms with E-state index in [9.17, 15) is 0 Å². The first-order valence-corrected chi connectivity index (χ1v) is 6.63. The van der Waals surface area contributed by atoms with Gasteiger partial charge in [-0.05, 0) is 37.9 Å². The Bertz CT molecular complexity index is 345. The van der Waals surface area contributed by atoms with E-state index < -0.39 is 0 Å². The van der Waals surface area contributed by atoms with Crippen molar-refractivity contribution < 1.29 is 0 Å². The van der Waals surface area contributed by atoms with Crippen LogP contribution in [0.5, 0.6) is 0 Å². The van der Waals surface area contributed by atoms with Crippen LogP contribution in [0.15, 0.2) is 18.3 Å². The Kier molecular flexibility index (Phi) is 4.37. The SMILES string of the molecule is CN(Cc1ncccc1N)CC1CCCCC1. The lowest BCUT2D eigenvalue weighted by Crippen LogP contribution is -2.27. The van der Waals surface area contributed by atoms with Crippen LogP contribution in [0.2, 0.25) is 0 Å². The second-order valence-corrected chi connectivity index (χ2v) is 5.24. The van der Waals surface area contributed by atoms with Crippen molar-refractivity contribution in [2.24, 2.45) is 5.92 Å². The first-order chi connectivity index (χ1) is 8.25. The predicted octanol–water partition coefficient (Wildman–Crippen LogP) is 2.68. The number of nitrogens with two attached hydrogens (primary N) is 1. The molecule has 1 saturated carbocycles. The average molecular weight is 233 g/mol. The molecule has 1 aliphatic rings. The van der Waals surface area contributed by atoms with Crippen LogP contribution in [0, 0.1) is 5.92 Å². The Labute approximate surface area is 104 Å². The van der Waals surface area contributed by atoms with Crippen LogP contribution in [0.25, 0.3) is 0 Å². The summed E-state index contributed by atoms with van der Waals surface area (Å²) in [5.74, 6) is 0.874. The minimum atomic E-state index is 0.808. The largest absolute Gasteiger partial charge is 0.397 e. The van der Waals surface area contributed by atoms with Crippen molar-refractivity contribution in [3.8, 4) is 0 Å². The summed E-state index contributed by atoms with van der Waals surface area (Å²) in [5, 5.41) is 0. The van der Waals surface area contributed by atoms with E-state index in [1.165, 1.54) is 38.6 Å². The van der Waals surface area contributed by atoms with Gasteiger partial charge in [0.2, 0.25) is 0 Å². The molecule has 0 unspecified atom stereocenters. The van der Waals surface area contributed by atoms with Gasteiger partial charge in [-0.15, -0.1) is 0 Å². The van der Waals surface area contributed by atoms with Gasteiger partial charge < -0.3 is 10.6 Å². The lowest BCUT2D eigenvalue weighted by molar-refractivity contribution is 0.226. The van der Waals surface area contributed by atoms with Crippen LogP contribution in [-0.2, 0) is 6.54 Å². The minimum Gasteiger partial charge on any atom is -0.397 e. The molecular weight excluding hydrogens is 210 g/mol. The van der Waals surface area contributed by atoms with Gasteiger partial charge in [-0.25, -0.2) is 0 Å². The number of anilines is 1. The molecule has 0 atom stereocenters. The zero-order valence-corrected chi connectivity index (χ0v) is 10.7. The third kappa shape index (κ3) is 3.70. The van der Waals surface area contributed by atoms with Crippen molar-refractivity contribution in [2.75, 3.05) is 19.3 Å². The highest BCUT2D eigenvalue weighted by Gasteiger charge is 2.15. The Balaban J connectivity index is 1.84. The topological polar surface area (TPSA) is 42.2 Å². The van der Waals surface area contributed by atoms with Crippen molar-refractivity contribution >= 4 is 5.69 Å². The number of nitrogen functional groups attached to an aromatic ring is 1. The van der Waals surface area contributed by atoms with E-state index in [-0.39, 0.29) is 0 Å². The van der Waals surface area contributed by atoms with Crippen LogP contribution in [0.3, 0.4) is 0 Å². The zero-order valence-electron chi connectivity index (χ0n) is 10.7. The standard InChI is InChI=1S/C14H23N3/c1-17(10-12-6-3-2-4-7-12)11-14-13(15)8-5-9-16-14/h5,8-9,12H,2-4,6-7,10-11,15H2,1H3. The van der Waals surface area contributed by atoms with E-state index in [1.54, 1.807) is 0 Å². The molecule has 0 aromatic carbocycles. The van der Waals surface area contributed by atoms with Crippen LogP contribution < -0.4 is 5.73 Å². The number of rotatable bonds is 4. The van der Waals surface area contributed by atoms with Crippen LogP contribution in [0.1, 0.15) is 37.8 Å². The second kappa shape index (κ2) is 6.01. The zero-order chi connectivity index (χ0) is 12.1. The molecule has 3 nitrogen and oxygen atoms in total. The molecule has 0 bridgehead atoms. The second-order valence-electron chi connectivity index (χ2n) is 5.24. The summed E-state index contributed by atoms with van der Waals surface area (Å²) in [7, 11) is 2.17. The lowest BCUT2D eigenvalue weighted by Gasteiger charge is -2.26. The molecule has 94 valence electrons. The third-order valence-electron chi connectivity index (χ3n) is 3.64. The molecule has 1 aliphatic carbocycles. The Morgan fingerprint density at radius 1 is 1.35 bits per heavy atom. The van der Waals surface area contributed by atoms with E-state index in [0.717, 1.165) is 23.8 Å². The number of hydrogen-bond donors (Lipinski definition) is 1. The number of aromatic nitrogens is 1. The van der Waals surface area contributed by atoms with Crippen molar-refractivity contribution in [1.82, 2.24) is 9.88 Å². The molecule has 1 heterocycles. The fourth-order valence-corrected chi connectivity index (χ4v) is 2.71. The van der Waals surface area contributed by atoms with Crippen molar-refractivity contribution in [2.45, 2.75) is 38.6 Å². The molecule has 1 fully saturated rings. The maximum absolute atomic E-state index is 5.91. The molecule has 1 aromatic rings. The Hall–Kier alpha value is -1.09. The minimum absolute atomic E-state index is 0.808. The van der Waals surface area contributed by atoms with E-state index >= 15 is 0 Å². The van der Waals surface area contributed by atoms with Crippen molar-refractivity contribution in [3.63, 3.8) is 0 Å². The van der Waals surface area contributed by atoms with Gasteiger partial charge in [0.1, 0.15) is 0 Å². The fourth-order valence-electron chi connectivity index (χ4n) is 2.71. The molecule has 1 aromatic heterocycles. The quantitative estimate of drug-likeness (QED) is 0.869. The lowest BCUT2D eigenvalue weighted by atomic mass is 9.89. The van der Waals surface area contributed by atoms with Gasteiger partial charge in [0.15, 0.2) is 0 Å². The summed E-state index contributed by atoms with van der Waals surface area (Å²) >= 11 is 0. The smallest absolute Gasteiger partial charge is 0.0772 e. The highest BCUT2D eigenvalue weighted by molar-refractivity contribution is 5.41. The van der Waals surface area contributed by atoms with Crippen molar-refractivity contribution in [1.29, 1.82) is 0 Å². The first-order valence-electron chi connectivity index (χ1n) is 6.63. The Morgan fingerprint density at radius 2 is 2.12 bits per heavy atom. The van der Waals surface area contributed by atoms with Gasteiger partial charge in [-0.3, -0.25) is 4.98 Å². The van der Waals surface area contributed by atoms with Crippen molar-refractivity contribution in [3.05, 3.63) is 24.0 Å². The number of pyridine rings is 1. The molecule has 0 amide bonds. The summed E-state index contributed by atoms with van der Waals surface area (Å²) in [5.41, 5.74) is 7.73. The molecule has 17 heavy (non-hydrogen) atoms. The van der Waals surface area contributed by atoms with Gasteiger partial charge in [-0.2, -0.15) is 0 Å². The maximum atomic E-state index is 5.91. The van der Waals surface area contributed by atoms with Gasteiger partial charge >= 0.3 is 0 Å². The van der Waals surface area contributed by atoms with Gasteiger partial charge in [0.05, 0.1) is 11.4 Å². The normalized spacial score (nSPS) is 17.5.